The zero-order valence-corrected chi connectivity index (χ0v) is 13.5. The van der Waals surface area contributed by atoms with Gasteiger partial charge in [0.15, 0.2) is 0 Å². The highest BCUT2D eigenvalue weighted by atomic mass is 79.9. The minimum atomic E-state index is -0.352. The van der Waals surface area contributed by atoms with E-state index in [1.807, 2.05) is 27.7 Å². The predicted molar refractivity (Wildman–Crippen MR) is 75.6 cm³/mol. The summed E-state index contributed by atoms with van der Waals surface area (Å²) in [6.45, 7) is 10.7. The molecular weight excluding hydrogens is 298 g/mol. The van der Waals surface area contributed by atoms with Crippen molar-refractivity contribution < 1.29 is 14.3 Å². The zero-order chi connectivity index (χ0) is 14.3. The van der Waals surface area contributed by atoms with Crippen molar-refractivity contribution in [3.05, 3.63) is 0 Å². The fraction of sp³-hybridized carbons (Fsp3) is 0.846. The first kappa shape index (κ1) is 17.4. The van der Waals surface area contributed by atoms with E-state index in [0.717, 1.165) is 0 Å². The number of hydrogen-bond acceptors (Lipinski definition) is 3. The van der Waals surface area contributed by atoms with Gasteiger partial charge in [0.25, 0.3) is 0 Å². The number of rotatable bonds is 7. The van der Waals surface area contributed by atoms with Crippen molar-refractivity contribution in [1.82, 2.24) is 4.90 Å². The molecule has 0 aromatic heterocycles. The van der Waals surface area contributed by atoms with Gasteiger partial charge in [0.1, 0.15) is 6.54 Å². The highest BCUT2D eigenvalue weighted by Gasteiger charge is 2.26. The van der Waals surface area contributed by atoms with Gasteiger partial charge in [-0.25, -0.2) is 0 Å². The predicted octanol–water partition coefficient (Wildman–Crippen LogP) is 2.45. The highest BCUT2D eigenvalue weighted by molar-refractivity contribution is 9.10. The Bertz CT molecular complexity index is 279. The van der Waals surface area contributed by atoms with Crippen LogP contribution in [0.3, 0.4) is 0 Å². The largest absolute Gasteiger partial charge is 0.465 e. The van der Waals surface area contributed by atoms with E-state index in [9.17, 15) is 9.59 Å². The van der Waals surface area contributed by atoms with Crippen LogP contribution in [-0.4, -0.2) is 41.3 Å². The van der Waals surface area contributed by atoms with Crippen molar-refractivity contribution >= 4 is 27.8 Å². The molecule has 4 nitrogen and oxygen atoms in total. The van der Waals surface area contributed by atoms with E-state index in [1.165, 1.54) is 0 Å². The van der Waals surface area contributed by atoms with Gasteiger partial charge in [-0.1, -0.05) is 43.6 Å². The molecule has 1 unspecified atom stereocenters. The number of alkyl halides is 1. The van der Waals surface area contributed by atoms with Crippen molar-refractivity contribution in [2.45, 2.75) is 39.4 Å². The van der Waals surface area contributed by atoms with E-state index < -0.39 is 0 Å². The van der Waals surface area contributed by atoms with Gasteiger partial charge in [-0.2, -0.15) is 0 Å². The summed E-state index contributed by atoms with van der Waals surface area (Å²) in [5.74, 6) is 0.103. The third-order valence-electron chi connectivity index (χ3n) is 2.34. The van der Waals surface area contributed by atoms with Crippen LogP contribution in [0.4, 0.5) is 0 Å². The molecule has 0 aliphatic carbocycles. The van der Waals surface area contributed by atoms with Crippen molar-refractivity contribution in [3.8, 4) is 0 Å². The average Bonchev–Trinajstić information content (AvgIpc) is 2.25. The van der Waals surface area contributed by atoms with Crippen LogP contribution in [0.15, 0.2) is 0 Å². The molecule has 0 radical (unpaired) electrons. The molecule has 0 spiro atoms. The van der Waals surface area contributed by atoms with Crippen molar-refractivity contribution in [1.29, 1.82) is 0 Å². The number of hydrogen-bond donors (Lipinski definition) is 0. The molecule has 0 saturated heterocycles. The minimum Gasteiger partial charge on any atom is -0.465 e. The van der Waals surface area contributed by atoms with E-state index >= 15 is 0 Å². The smallest absolute Gasteiger partial charge is 0.325 e. The lowest BCUT2D eigenvalue weighted by Gasteiger charge is -2.27. The maximum Gasteiger partial charge on any atom is 0.325 e. The van der Waals surface area contributed by atoms with Crippen molar-refractivity contribution in [3.63, 3.8) is 0 Å². The first-order valence-electron chi connectivity index (χ1n) is 6.38. The molecule has 0 fully saturated rings. The van der Waals surface area contributed by atoms with Crippen molar-refractivity contribution in [2.24, 2.45) is 11.8 Å². The number of halogens is 1. The molecule has 0 aliphatic rings. The molecule has 0 bridgehead atoms. The Labute approximate surface area is 118 Å². The quantitative estimate of drug-likeness (QED) is 0.534. The van der Waals surface area contributed by atoms with Gasteiger partial charge in [-0.3, -0.25) is 9.59 Å². The normalized spacial score (nSPS) is 12.7. The maximum atomic E-state index is 12.2. The highest BCUT2D eigenvalue weighted by Crippen LogP contribution is 2.16. The summed E-state index contributed by atoms with van der Waals surface area (Å²) in [6.07, 6.45) is 0. The van der Waals surface area contributed by atoms with Crippen LogP contribution >= 0.6 is 15.9 Å². The topological polar surface area (TPSA) is 46.6 Å². The van der Waals surface area contributed by atoms with Gasteiger partial charge in [0.2, 0.25) is 5.91 Å². The molecule has 106 valence electrons. The summed E-state index contributed by atoms with van der Waals surface area (Å²) in [5, 5.41) is 0. The van der Waals surface area contributed by atoms with Crippen LogP contribution in [0.1, 0.15) is 34.6 Å². The first-order valence-corrected chi connectivity index (χ1v) is 7.29. The van der Waals surface area contributed by atoms with Crippen LogP contribution in [-0.2, 0) is 14.3 Å². The first-order chi connectivity index (χ1) is 8.29. The van der Waals surface area contributed by atoms with Gasteiger partial charge in [0, 0.05) is 6.54 Å². The minimum absolute atomic E-state index is 0.0275. The molecule has 0 aliphatic heterocycles. The van der Waals surface area contributed by atoms with Crippen LogP contribution < -0.4 is 0 Å². The van der Waals surface area contributed by atoms with Crippen LogP contribution in [0.5, 0.6) is 0 Å². The van der Waals surface area contributed by atoms with E-state index in [-0.39, 0.29) is 29.2 Å². The molecule has 1 amide bonds. The third-order valence-corrected chi connectivity index (χ3v) is 3.79. The number of ether oxygens (including phenoxy) is 1. The molecule has 0 aromatic rings. The van der Waals surface area contributed by atoms with Gasteiger partial charge < -0.3 is 9.64 Å². The standard InChI is InChI=1S/C13H24BrNO3/c1-6-18-11(16)8-15(7-9(2)3)13(17)12(14)10(4)5/h9-10,12H,6-8H2,1-5H3. The number of carbonyl (C=O) groups excluding carboxylic acids is 2. The summed E-state index contributed by atoms with van der Waals surface area (Å²) in [4.78, 5) is 25.0. The number of esters is 1. The second-order valence-electron chi connectivity index (χ2n) is 5.06. The molecule has 5 heteroatoms. The van der Waals surface area contributed by atoms with Gasteiger partial charge in [0.05, 0.1) is 11.4 Å². The van der Waals surface area contributed by atoms with Gasteiger partial charge >= 0.3 is 5.97 Å². The lowest BCUT2D eigenvalue weighted by atomic mass is 10.1. The molecule has 0 heterocycles. The summed E-state index contributed by atoms with van der Waals surface area (Å²) >= 11 is 3.38. The Morgan fingerprint density at radius 2 is 1.78 bits per heavy atom. The van der Waals surface area contributed by atoms with Gasteiger partial charge in [-0.05, 0) is 18.8 Å². The Hall–Kier alpha value is -0.580. The van der Waals surface area contributed by atoms with E-state index in [1.54, 1.807) is 11.8 Å². The van der Waals surface area contributed by atoms with E-state index in [4.69, 9.17) is 4.74 Å². The summed E-state index contributed by atoms with van der Waals surface area (Å²) in [7, 11) is 0. The summed E-state index contributed by atoms with van der Waals surface area (Å²) in [5.41, 5.74) is 0. The second kappa shape index (κ2) is 8.51. The molecular formula is C13H24BrNO3. The maximum absolute atomic E-state index is 12.2. The van der Waals surface area contributed by atoms with Gasteiger partial charge in [-0.15, -0.1) is 0 Å². The average molecular weight is 322 g/mol. The Morgan fingerprint density at radius 1 is 1.22 bits per heavy atom. The molecule has 0 aromatic carbocycles. The Balaban J connectivity index is 4.66. The van der Waals surface area contributed by atoms with Crippen LogP contribution in [0, 0.1) is 11.8 Å². The molecule has 1 atom stereocenters. The molecule has 0 saturated carbocycles. The summed E-state index contributed by atoms with van der Waals surface area (Å²) < 4.78 is 4.90. The second-order valence-corrected chi connectivity index (χ2v) is 6.05. The SMILES string of the molecule is CCOC(=O)CN(CC(C)C)C(=O)C(Br)C(C)C. The lowest BCUT2D eigenvalue weighted by molar-refractivity contribution is -0.149. The van der Waals surface area contributed by atoms with Crippen molar-refractivity contribution in [2.75, 3.05) is 19.7 Å². The molecule has 18 heavy (non-hydrogen) atoms. The van der Waals surface area contributed by atoms with Crippen LogP contribution in [0.2, 0.25) is 0 Å². The number of amides is 1. The fourth-order valence-electron chi connectivity index (χ4n) is 1.50. The number of nitrogens with zero attached hydrogens (tertiary/aromatic N) is 1. The monoisotopic (exact) mass is 321 g/mol. The summed E-state index contributed by atoms with van der Waals surface area (Å²) in [6, 6.07) is 0. The zero-order valence-electron chi connectivity index (χ0n) is 11.9. The van der Waals surface area contributed by atoms with Crippen LogP contribution in [0.25, 0.3) is 0 Å². The number of carbonyl (C=O) groups is 2. The Kier molecular flexibility index (Phi) is 8.24. The van der Waals surface area contributed by atoms with E-state index in [0.29, 0.717) is 19.1 Å². The molecule has 0 N–H and O–H groups in total. The lowest BCUT2D eigenvalue weighted by Crippen LogP contribution is -2.44. The third kappa shape index (κ3) is 6.38. The molecule has 0 rings (SSSR count). The Morgan fingerprint density at radius 3 is 2.17 bits per heavy atom. The van der Waals surface area contributed by atoms with E-state index in [2.05, 4.69) is 15.9 Å². The fourth-order valence-corrected chi connectivity index (χ4v) is 1.78.